The molecule has 0 fully saturated rings. The molecule has 1 rings (SSSR count). The van der Waals surface area contributed by atoms with Crippen molar-refractivity contribution in [2.45, 2.75) is 13.8 Å². The van der Waals surface area contributed by atoms with E-state index < -0.39 is 17.9 Å². The highest BCUT2D eigenvalue weighted by molar-refractivity contribution is 6.06. The van der Waals surface area contributed by atoms with Crippen molar-refractivity contribution < 1.29 is 19.1 Å². The van der Waals surface area contributed by atoms with Crippen molar-refractivity contribution in [1.82, 2.24) is 0 Å². The topological polar surface area (TPSA) is 52.6 Å². The molecule has 4 heteroatoms. The maximum absolute atomic E-state index is 11.9. The van der Waals surface area contributed by atoms with Gasteiger partial charge < -0.3 is 9.47 Å². The van der Waals surface area contributed by atoms with Crippen LogP contribution in [0.5, 0.6) is 0 Å². The summed E-state index contributed by atoms with van der Waals surface area (Å²) in [6, 6.07) is 9.05. The van der Waals surface area contributed by atoms with Crippen molar-refractivity contribution in [2.75, 3.05) is 13.2 Å². The molecule has 0 saturated carbocycles. The number of benzene rings is 1. The van der Waals surface area contributed by atoms with E-state index in [1.807, 2.05) is 18.2 Å². The predicted octanol–water partition coefficient (Wildman–Crippen LogP) is 2.44. The lowest BCUT2D eigenvalue weighted by atomic mass is 9.94. The molecule has 0 radical (unpaired) electrons. The lowest BCUT2D eigenvalue weighted by Gasteiger charge is -2.16. The van der Waals surface area contributed by atoms with Crippen LogP contribution in [0.1, 0.15) is 19.4 Å². The summed E-state index contributed by atoms with van der Waals surface area (Å²) < 4.78 is 9.83. The predicted molar refractivity (Wildman–Crippen MR) is 72.2 cm³/mol. The van der Waals surface area contributed by atoms with E-state index in [1.165, 1.54) is 0 Å². The first-order valence-corrected chi connectivity index (χ1v) is 6.19. The van der Waals surface area contributed by atoms with E-state index in [0.29, 0.717) is 11.1 Å². The van der Waals surface area contributed by atoms with Gasteiger partial charge in [0.15, 0.2) is 5.92 Å². The van der Waals surface area contributed by atoms with Crippen LogP contribution in [0.3, 0.4) is 0 Å². The first-order chi connectivity index (χ1) is 9.11. The molecular formula is C15H18O4. The minimum absolute atomic E-state index is 0.205. The molecule has 1 aromatic carbocycles. The molecule has 0 amide bonds. The Balaban J connectivity index is 2.99. The number of carbonyl (C=O) groups is 2. The first-order valence-electron chi connectivity index (χ1n) is 6.19. The van der Waals surface area contributed by atoms with E-state index in [2.05, 4.69) is 6.58 Å². The number of esters is 2. The van der Waals surface area contributed by atoms with Gasteiger partial charge in [-0.2, -0.15) is 0 Å². The number of hydrogen-bond acceptors (Lipinski definition) is 4. The maximum Gasteiger partial charge on any atom is 0.324 e. The third-order valence-corrected chi connectivity index (χ3v) is 2.54. The van der Waals surface area contributed by atoms with Gasteiger partial charge >= 0.3 is 11.9 Å². The molecule has 0 heterocycles. The van der Waals surface area contributed by atoms with Crippen molar-refractivity contribution >= 4 is 17.5 Å². The molecule has 0 aliphatic carbocycles. The summed E-state index contributed by atoms with van der Waals surface area (Å²) in [6.45, 7) is 7.61. The van der Waals surface area contributed by atoms with E-state index >= 15 is 0 Å². The molecule has 4 nitrogen and oxygen atoms in total. The molecular weight excluding hydrogens is 244 g/mol. The zero-order valence-electron chi connectivity index (χ0n) is 11.2. The van der Waals surface area contributed by atoms with Crippen molar-refractivity contribution in [2.24, 2.45) is 5.92 Å². The largest absolute Gasteiger partial charge is 0.465 e. The van der Waals surface area contributed by atoms with Crippen molar-refractivity contribution in [3.8, 4) is 0 Å². The van der Waals surface area contributed by atoms with Crippen LogP contribution in [0.2, 0.25) is 0 Å². The van der Waals surface area contributed by atoms with Crippen molar-refractivity contribution in [1.29, 1.82) is 0 Å². The van der Waals surface area contributed by atoms with Gasteiger partial charge in [-0.25, -0.2) is 0 Å². The average Bonchev–Trinajstić information content (AvgIpc) is 2.40. The second-order valence-electron chi connectivity index (χ2n) is 3.83. The number of carbonyl (C=O) groups excluding carboxylic acids is 2. The minimum Gasteiger partial charge on any atom is -0.465 e. The van der Waals surface area contributed by atoms with Gasteiger partial charge in [0.2, 0.25) is 0 Å². The average molecular weight is 262 g/mol. The third kappa shape index (κ3) is 3.95. The van der Waals surface area contributed by atoms with Crippen LogP contribution in [-0.2, 0) is 19.1 Å². The Labute approximate surface area is 113 Å². The quantitative estimate of drug-likeness (QED) is 0.583. The molecule has 0 spiro atoms. The van der Waals surface area contributed by atoms with Crippen LogP contribution in [0.4, 0.5) is 0 Å². The van der Waals surface area contributed by atoms with Crippen LogP contribution in [0.25, 0.3) is 5.57 Å². The fourth-order valence-corrected chi connectivity index (χ4v) is 1.65. The number of rotatable bonds is 6. The molecule has 0 saturated heterocycles. The summed E-state index contributed by atoms with van der Waals surface area (Å²) in [5, 5.41) is 0. The fraction of sp³-hybridized carbons (Fsp3) is 0.333. The van der Waals surface area contributed by atoms with E-state index in [4.69, 9.17) is 9.47 Å². The molecule has 0 unspecified atom stereocenters. The van der Waals surface area contributed by atoms with Gasteiger partial charge in [-0.1, -0.05) is 36.9 Å². The Hall–Kier alpha value is -2.10. The van der Waals surface area contributed by atoms with Gasteiger partial charge in [-0.3, -0.25) is 9.59 Å². The van der Waals surface area contributed by atoms with E-state index in [-0.39, 0.29) is 13.2 Å². The van der Waals surface area contributed by atoms with Gasteiger partial charge in [0.1, 0.15) is 0 Å². The Kier molecular flexibility index (Phi) is 5.79. The van der Waals surface area contributed by atoms with Crippen molar-refractivity contribution in [3.05, 3.63) is 42.5 Å². The van der Waals surface area contributed by atoms with Crippen LogP contribution in [-0.4, -0.2) is 25.2 Å². The van der Waals surface area contributed by atoms with Gasteiger partial charge in [-0.15, -0.1) is 0 Å². The standard InChI is InChI=1S/C15H18O4/c1-4-18-14(16)13(15(17)19-5-2)11(3)12-9-7-6-8-10-12/h6-10,13H,3-5H2,1-2H3. The molecule has 0 atom stereocenters. The zero-order chi connectivity index (χ0) is 14.3. The summed E-state index contributed by atoms with van der Waals surface area (Å²) in [5.74, 6) is -2.37. The second kappa shape index (κ2) is 7.36. The summed E-state index contributed by atoms with van der Waals surface area (Å²) in [5.41, 5.74) is 1.10. The number of hydrogen-bond donors (Lipinski definition) is 0. The first kappa shape index (κ1) is 15.0. The third-order valence-electron chi connectivity index (χ3n) is 2.54. The summed E-state index contributed by atoms with van der Waals surface area (Å²) in [6.07, 6.45) is 0. The summed E-state index contributed by atoms with van der Waals surface area (Å²) in [4.78, 5) is 23.8. The molecule has 0 bridgehead atoms. The van der Waals surface area contributed by atoms with Crippen LogP contribution in [0.15, 0.2) is 36.9 Å². The summed E-state index contributed by atoms with van der Waals surface area (Å²) in [7, 11) is 0. The van der Waals surface area contributed by atoms with Gasteiger partial charge in [0.05, 0.1) is 13.2 Å². The summed E-state index contributed by atoms with van der Waals surface area (Å²) >= 11 is 0. The van der Waals surface area contributed by atoms with Gasteiger partial charge in [-0.05, 0) is 25.0 Å². The molecule has 0 N–H and O–H groups in total. The lowest BCUT2D eigenvalue weighted by molar-refractivity contribution is -0.158. The fourth-order valence-electron chi connectivity index (χ4n) is 1.65. The number of ether oxygens (including phenoxy) is 2. The van der Waals surface area contributed by atoms with Crippen molar-refractivity contribution in [3.63, 3.8) is 0 Å². The minimum atomic E-state index is -1.11. The smallest absolute Gasteiger partial charge is 0.324 e. The monoisotopic (exact) mass is 262 g/mol. The van der Waals surface area contributed by atoms with E-state index in [9.17, 15) is 9.59 Å². The van der Waals surface area contributed by atoms with Crippen LogP contribution < -0.4 is 0 Å². The van der Waals surface area contributed by atoms with Crippen LogP contribution in [0, 0.1) is 5.92 Å². The molecule has 1 aromatic rings. The van der Waals surface area contributed by atoms with Gasteiger partial charge in [0.25, 0.3) is 0 Å². The molecule has 102 valence electrons. The molecule has 19 heavy (non-hydrogen) atoms. The zero-order valence-corrected chi connectivity index (χ0v) is 11.2. The van der Waals surface area contributed by atoms with Crippen LogP contribution >= 0.6 is 0 Å². The molecule has 0 aromatic heterocycles. The normalized spacial score (nSPS) is 10.1. The maximum atomic E-state index is 11.9. The van der Waals surface area contributed by atoms with E-state index in [1.54, 1.807) is 26.0 Å². The second-order valence-corrected chi connectivity index (χ2v) is 3.83. The van der Waals surface area contributed by atoms with E-state index in [0.717, 1.165) is 0 Å². The Morgan fingerprint density at radius 1 is 1.05 bits per heavy atom. The molecule has 0 aliphatic heterocycles. The SMILES string of the molecule is C=C(c1ccccc1)C(C(=O)OCC)C(=O)OCC. The molecule has 0 aliphatic rings. The Morgan fingerprint density at radius 3 is 1.95 bits per heavy atom. The highest BCUT2D eigenvalue weighted by Crippen LogP contribution is 2.24. The lowest BCUT2D eigenvalue weighted by Crippen LogP contribution is -2.29. The highest BCUT2D eigenvalue weighted by Gasteiger charge is 2.32. The van der Waals surface area contributed by atoms with Gasteiger partial charge in [0, 0.05) is 0 Å². The Bertz CT molecular complexity index is 432. The highest BCUT2D eigenvalue weighted by atomic mass is 16.6. The Morgan fingerprint density at radius 2 is 1.53 bits per heavy atom.